The Morgan fingerprint density at radius 1 is 1.13 bits per heavy atom. The van der Waals surface area contributed by atoms with E-state index in [0.29, 0.717) is 12.1 Å². The van der Waals surface area contributed by atoms with Gasteiger partial charge < -0.3 is 4.98 Å². The van der Waals surface area contributed by atoms with Gasteiger partial charge in [0.1, 0.15) is 0 Å². The molecule has 1 saturated carbocycles. The van der Waals surface area contributed by atoms with Crippen molar-refractivity contribution in [1.82, 2.24) is 14.5 Å². The maximum Gasteiger partial charge on any atom is 0.316 e. The molecule has 1 N–H and O–H groups in total. The molecule has 5 heteroatoms. The summed E-state index contributed by atoms with van der Waals surface area (Å²) in [5.74, 6) is 0.738. The van der Waals surface area contributed by atoms with Gasteiger partial charge in [-0.15, -0.1) is 0 Å². The van der Waals surface area contributed by atoms with E-state index in [0.717, 1.165) is 29.9 Å². The number of para-hydroxylation sites is 2. The first-order chi connectivity index (χ1) is 14.6. The maximum atomic E-state index is 12.7. The minimum Gasteiger partial charge on any atom is -0.316 e. The standard InChI is InChI=1S/C25H35N3O2/c1-18-14-15-22(18)27(20-10-6-4-3-5-7-11-20)17-16-19(2)28-23-13-9-8-12-21(23)26-24(29)25(28)30/h6,8-10,12-13,18-20,22H,3-5,7,11,14-17H2,1-2H3,(H,26,29)/b10-6-/t18?,19-,20?,22+/m0/s1. The summed E-state index contributed by atoms with van der Waals surface area (Å²) in [6.07, 6.45) is 14.6. The molecular formula is C25H35N3O2. The molecule has 30 heavy (non-hydrogen) atoms. The number of nitrogens with one attached hydrogen (secondary N) is 1. The molecule has 1 fully saturated rings. The van der Waals surface area contributed by atoms with Gasteiger partial charge in [-0.25, -0.2) is 0 Å². The second-order valence-electron chi connectivity index (χ2n) is 9.28. The van der Waals surface area contributed by atoms with Gasteiger partial charge in [-0.3, -0.25) is 19.1 Å². The molecule has 0 spiro atoms. The Bertz CT molecular complexity index is 1010. The van der Waals surface area contributed by atoms with Crippen LogP contribution in [0.25, 0.3) is 11.0 Å². The molecule has 2 aromatic rings. The number of rotatable bonds is 6. The zero-order chi connectivity index (χ0) is 21.1. The Morgan fingerprint density at radius 3 is 2.73 bits per heavy atom. The molecule has 4 rings (SSSR count). The van der Waals surface area contributed by atoms with Crippen molar-refractivity contribution in [2.24, 2.45) is 5.92 Å². The predicted octanol–water partition coefficient (Wildman–Crippen LogP) is 4.63. The molecule has 2 aliphatic carbocycles. The van der Waals surface area contributed by atoms with Crippen molar-refractivity contribution in [3.8, 4) is 0 Å². The highest BCUT2D eigenvalue weighted by Gasteiger charge is 2.35. The van der Waals surface area contributed by atoms with Crippen molar-refractivity contribution < 1.29 is 0 Å². The fraction of sp³-hybridized carbons (Fsp3) is 0.600. The molecule has 0 amide bonds. The van der Waals surface area contributed by atoms with Crippen LogP contribution in [0.5, 0.6) is 0 Å². The summed E-state index contributed by atoms with van der Waals surface area (Å²) in [7, 11) is 0. The molecule has 1 heterocycles. The van der Waals surface area contributed by atoms with Crippen molar-refractivity contribution >= 4 is 11.0 Å². The van der Waals surface area contributed by atoms with E-state index >= 15 is 0 Å². The largest absolute Gasteiger partial charge is 0.316 e. The molecular weight excluding hydrogens is 374 g/mol. The van der Waals surface area contributed by atoms with E-state index in [2.05, 4.69) is 35.9 Å². The predicted molar refractivity (Wildman–Crippen MR) is 123 cm³/mol. The normalized spacial score (nSPS) is 26.7. The lowest BCUT2D eigenvalue weighted by molar-refractivity contribution is 0.0421. The molecule has 1 aromatic heterocycles. The number of aromatic nitrogens is 2. The quantitative estimate of drug-likeness (QED) is 0.559. The van der Waals surface area contributed by atoms with Crippen LogP contribution < -0.4 is 11.1 Å². The first-order valence-electron chi connectivity index (χ1n) is 11.7. The lowest BCUT2D eigenvalue weighted by Crippen LogP contribution is -2.51. The second kappa shape index (κ2) is 9.34. The van der Waals surface area contributed by atoms with Crippen LogP contribution in [0.4, 0.5) is 0 Å². The van der Waals surface area contributed by atoms with E-state index in [-0.39, 0.29) is 6.04 Å². The number of aromatic amines is 1. The highest BCUT2D eigenvalue weighted by Crippen LogP contribution is 2.35. The van der Waals surface area contributed by atoms with E-state index in [9.17, 15) is 9.59 Å². The van der Waals surface area contributed by atoms with E-state index in [4.69, 9.17) is 0 Å². The Labute approximate surface area is 178 Å². The lowest BCUT2D eigenvalue weighted by atomic mass is 9.78. The maximum absolute atomic E-state index is 12.7. The topological polar surface area (TPSA) is 58.1 Å². The van der Waals surface area contributed by atoms with Crippen molar-refractivity contribution in [3.05, 3.63) is 57.1 Å². The summed E-state index contributed by atoms with van der Waals surface area (Å²) in [6.45, 7) is 5.40. The number of hydrogen-bond acceptors (Lipinski definition) is 3. The molecule has 162 valence electrons. The SMILES string of the molecule is CC1CC[C@H]1N(CC[C@H](C)n1c(=O)c(=O)[nH]c2ccccc21)C1/C=C\CCCCC1. The zero-order valence-electron chi connectivity index (χ0n) is 18.3. The van der Waals surface area contributed by atoms with Crippen LogP contribution in [0, 0.1) is 5.92 Å². The fourth-order valence-electron chi connectivity index (χ4n) is 5.22. The smallest absolute Gasteiger partial charge is 0.316 e. The molecule has 5 nitrogen and oxygen atoms in total. The second-order valence-corrected chi connectivity index (χ2v) is 9.28. The van der Waals surface area contributed by atoms with Gasteiger partial charge in [0.25, 0.3) is 0 Å². The summed E-state index contributed by atoms with van der Waals surface area (Å²) < 4.78 is 1.70. The summed E-state index contributed by atoms with van der Waals surface area (Å²) >= 11 is 0. The molecule has 4 atom stereocenters. The van der Waals surface area contributed by atoms with Crippen LogP contribution in [0.1, 0.15) is 71.3 Å². The third-order valence-corrected chi connectivity index (χ3v) is 7.23. The number of H-pyrrole nitrogens is 1. The highest BCUT2D eigenvalue weighted by molar-refractivity contribution is 5.74. The highest BCUT2D eigenvalue weighted by atomic mass is 16.2. The van der Waals surface area contributed by atoms with E-state index < -0.39 is 11.1 Å². The monoisotopic (exact) mass is 409 g/mol. The Kier molecular flexibility index (Phi) is 6.57. The molecule has 0 aliphatic heterocycles. The zero-order valence-corrected chi connectivity index (χ0v) is 18.3. The third-order valence-electron chi connectivity index (χ3n) is 7.23. The molecule has 2 aliphatic rings. The van der Waals surface area contributed by atoms with Crippen LogP contribution >= 0.6 is 0 Å². The molecule has 0 radical (unpaired) electrons. The first kappa shape index (κ1) is 21.1. The van der Waals surface area contributed by atoms with Gasteiger partial charge in [-0.05, 0) is 63.5 Å². The van der Waals surface area contributed by atoms with Crippen LogP contribution in [-0.2, 0) is 0 Å². The molecule has 0 saturated heterocycles. The number of fused-ring (bicyclic) bond motifs is 1. The average Bonchev–Trinajstić information content (AvgIpc) is 2.70. The Balaban J connectivity index is 1.57. The van der Waals surface area contributed by atoms with Gasteiger partial charge in [-0.2, -0.15) is 0 Å². The lowest BCUT2D eigenvalue weighted by Gasteiger charge is -2.46. The summed E-state index contributed by atoms with van der Waals surface area (Å²) in [6, 6.07) is 8.70. The number of nitrogens with zero attached hydrogens (tertiary/aromatic N) is 2. The van der Waals surface area contributed by atoms with Gasteiger partial charge in [-0.1, -0.05) is 44.1 Å². The minimum atomic E-state index is -0.534. The van der Waals surface area contributed by atoms with Crippen LogP contribution in [0.3, 0.4) is 0 Å². The van der Waals surface area contributed by atoms with Crippen molar-refractivity contribution in [2.45, 2.75) is 83.3 Å². The number of allylic oxidation sites excluding steroid dienone is 1. The number of hydrogen-bond donors (Lipinski definition) is 1. The van der Waals surface area contributed by atoms with Crippen molar-refractivity contribution in [3.63, 3.8) is 0 Å². The van der Waals surface area contributed by atoms with Gasteiger partial charge in [0.05, 0.1) is 11.0 Å². The van der Waals surface area contributed by atoms with Gasteiger partial charge >= 0.3 is 11.1 Å². The third kappa shape index (κ3) is 4.31. The Hall–Kier alpha value is -2.14. The average molecular weight is 410 g/mol. The number of benzene rings is 1. The summed E-state index contributed by atoms with van der Waals surface area (Å²) in [5.41, 5.74) is 0.550. The van der Waals surface area contributed by atoms with Crippen molar-refractivity contribution in [1.29, 1.82) is 0 Å². The first-order valence-corrected chi connectivity index (χ1v) is 11.7. The molecule has 1 aromatic carbocycles. The summed E-state index contributed by atoms with van der Waals surface area (Å²) in [5, 5.41) is 0. The van der Waals surface area contributed by atoms with Crippen LogP contribution in [-0.4, -0.2) is 33.1 Å². The van der Waals surface area contributed by atoms with E-state index in [1.54, 1.807) is 4.57 Å². The van der Waals surface area contributed by atoms with Gasteiger partial charge in [0, 0.05) is 24.7 Å². The van der Waals surface area contributed by atoms with Crippen molar-refractivity contribution in [2.75, 3.05) is 6.54 Å². The minimum absolute atomic E-state index is 0.0277. The Morgan fingerprint density at radius 2 is 1.97 bits per heavy atom. The summed E-state index contributed by atoms with van der Waals surface area (Å²) in [4.78, 5) is 30.3. The van der Waals surface area contributed by atoms with Gasteiger partial charge in [0.2, 0.25) is 0 Å². The molecule has 0 bridgehead atoms. The van der Waals surface area contributed by atoms with Crippen LogP contribution in [0.2, 0.25) is 0 Å². The molecule has 2 unspecified atom stereocenters. The fourth-order valence-corrected chi connectivity index (χ4v) is 5.22. The van der Waals surface area contributed by atoms with E-state index in [1.165, 1.54) is 44.9 Å². The van der Waals surface area contributed by atoms with E-state index in [1.807, 2.05) is 24.3 Å². The van der Waals surface area contributed by atoms with Crippen LogP contribution in [0.15, 0.2) is 46.0 Å². The van der Waals surface area contributed by atoms with Gasteiger partial charge in [0.15, 0.2) is 0 Å².